The third-order valence-corrected chi connectivity index (χ3v) is 2.87. The summed E-state index contributed by atoms with van der Waals surface area (Å²) in [5.41, 5.74) is 5.55. The van der Waals surface area contributed by atoms with Crippen LogP contribution in [0.15, 0.2) is 43.2 Å². The van der Waals surface area contributed by atoms with E-state index in [0.29, 0.717) is 0 Å². The molecule has 1 aromatic rings. The molecule has 0 saturated heterocycles. The molecule has 0 radical (unpaired) electrons. The molecule has 2 nitrogen and oxygen atoms in total. The Morgan fingerprint density at radius 3 is 3.00 bits per heavy atom. The van der Waals surface area contributed by atoms with Gasteiger partial charge < -0.3 is 4.98 Å². The van der Waals surface area contributed by atoms with Crippen molar-refractivity contribution in [2.24, 2.45) is 0 Å². The van der Waals surface area contributed by atoms with Gasteiger partial charge in [-0.15, -0.1) is 0 Å². The Morgan fingerprint density at radius 1 is 1.31 bits per heavy atom. The molecule has 0 saturated carbocycles. The van der Waals surface area contributed by atoms with Gasteiger partial charge in [-0.25, -0.2) is 0 Å². The van der Waals surface area contributed by atoms with Crippen LogP contribution in [-0.2, 0) is 0 Å². The summed E-state index contributed by atoms with van der Waals surface area (Å²) >= 11 is 0. The van der Waals surface area contributed by atoms with E-state index in [0.717, 1.165) is 22.3 Å². The molecule has 1 aromatic heterocycles. The number of aromatic nitrogens is 2. The molecule has 1 aliphatic heterocycles. The number of allylic oxidation sites excluding steroid dienone is 1. The Bertz CT molecular complexity index is 649. The third-order valence-electron chi connectivity index (χ3n) is 2.87. The van der Waals surface area contributed by atoms with Crippen molar-refractivity contribution in [3.05, 3.63) is 48.8 Å². The SMILES string of the molecule is C=C(C)c1c2[nH]cccc-2c2cccnc12. The first-order valence-corrected chi connectivity index (χ1v) is 5.28. The van der Waals surface area contributed by atoms with Gasteiger partial charge in [0, 0.05) is 28.9 Å². The summed E-state index contributed by atoms with van der Waals surface area (Å²) < 4.78 is 0. The third kappa shape index (κ3) is 1.10. The molecule has 78 valence electrons. The van der Waals surface area contributed by atoms with E-state index in [-0.39, 0.29) is 0 Å². The van der Waals surface area contributed by atoms with Crippen LogP contribution in [0.25, 0.3) is 27.7 Å². The van der Waals surface area contributed by atoms with Crippen molar-refractivity contribution in [3.8, 4) is 11.3 Å². The number of hydrogen-bond donors (Lipinski definition) is 1. The van der Waals surface area contributed by atoms with Crippen molar-refractivity contribution >= 4 is 16.5 Å². The van der Waals surface area contributed by atoms with Gasteiger partial charge in [0.2, 0.25) is 0 Å². The van der Waals surface area contributed by atoms with Crippen LogP contribution < -0.4 is 0 Å². The molecule has 0 amide bonds. The lowest BCUT2D eigenvalue weighted by Crippen LogP contribution is -1.84. The number of nitrogens with one attached hydrogen (secondary N) is 1. The second-order valence-corrected chi connectivity index (χ2v) is 4.01. The Hall–Kier alpha value is -2.09. The summed E-state index contributed by atoms with van der Waals surface area (Å²) in [6, 6.07) is 8.20. The van der Waals surface area contributed by atoms with Gasteiger partial charge in [0.25, 0.3) is 0 Å². The summed E-state index contributed by atoms with van der Waals surface area (Å²) in [4.78, 5) is 7.75. The average Bonchev–Trinajstić information content (AvgIpc) is 2.63. The van der Waals surface area contributed by atoms with Crippen molar-refractivity contribution in [2.75, 3.05) is 0 Å². The monoisotopic (exact) mass is 208 g/mol. The second kappa shape index (κ2) is 3.20. The lowest BCUT2D eigenvalue weighted by molar-refractivity contribution is 1.33. The largest absolute Gasteiger partial charge is 0.361 e. The summed E-state index contributed by atoms with van der Waals surface area (Å²) in [5, 5.41) is 1.19. The minimum atomic E-state index is 1.03. The first-order chi connectivity index (χ1) is 7.79. The van der Waals surface area contributed by atoms with Crippen LogP contribution in [-0.4, -0.2) is 9.97 Å². The molecular formula is C14H12N2. The molecule has 2 heteroatoms. The number of nitrogens with zero attached hydrogens (tertiary/aromatic N) is 1. The number of H-pyrrole nitrogens is 1. The molecule has 3 rings (SSSR count). The summed E-state index contributed by atoms with van der Waals surface area (Å²) in [5.74, 6) is 0. The Morgan fingerprint density at radius 2 is 2.19 bits per heavy atom. The average molecular weight is 208 g/mol. The number of aromatic amines is 1. The zero-order valence-corrected chi connectivity index (χ0v) is 9.12. The number of rotatable bonds is 1. The lowest BCUT2D eigenvalue weighted by atomic mass is 10.1. The molecule has 1 N–H and O–H groups in total. The minimum Gasteiger partial charge on any atom is -0.361 e. The molecular weight excluding hydrogens is 196 g/mol. The van der Waals surface area contributed by atoms with E-state index in [1.807, 2.05) is 31.5 Å². The maximum Gasteiger partial charge on any atom is 0.0804 e. The van der Waals surface area contributed by atoms with Gasteiger partial charge in [-0.3, -0.25) is 4.98 Å². The quantitative estimate of drug-likeness (QED) is 0.649. The van der Waals surface area contributed by atoms with E-state index < -0.39 is 0 Å². The Balaban J connectivity index is 2.57. The van der Waals surface area contributed by atoms with Crippen molar-refractivity contribution in [3.63, 3.8) is 0 Å². The van der Waals surface area contributed by atoms with Crippen molar-refractivity contribution < 1.29 is 0 Å². The van der Waals surface area contributed by atoms with Crippen LogP contribution in [0.5, 0.6) is 0 Å². The summed E-state index contributed by atoms with van der Waals surface area (Å²) in [6.07, 6.45) is 3.77. The van der Waals surface area contributed by atoms with Gasteiger partial charge in [-0.2, -0.15) is 0 Å². The van der Waals surface area contributed by atoms with Gasteiger partial charge in [0.15, 0.2) is 0 Å². The van der Waals surface area contributed by atoms with Crippen LogP contribution in [0.3, 0.4) is 0 Å². The van der Waals surface area contributed by atoms with Crippen LogP contribution in [0.4, 0.5) is 0 Å². The maximum absolute atomic E-state index is 4.46. The molecule has 16 heavy (non-hydrogen) atoms. The Labute approximate surface area is 94.0 Å². The highest BCUT2D eigenvalue weighted by molar-refractivity contribution is 6.07. The highest BCUT2D eigenvalue weighted by Crippen LogP contribution is 2.39. The number of fused-ring (bicyclic) bond motifs is 3. The molecule has 0 spiro atoms. The maximum atomic E-state index is 4.46. The lowest BCUT2D eigenvalue weighted by Gasteiger charge is -2.02. The van der Waals surface area contributed by atoms with E-state index in [2.05, 4.69) is 28.7 Å². The minimum absolute atomic E-state index is 1.03. The summed E-state index contributed by atoms with van der Waals surface area (Å²) in [7, 11) is 0. The van der Waals surface area contributed by atoms with Gasteiger partial charge in [0.05, 0.1) is 11.2 Å². The predicted molar refractivity (Wildman–Crippen MR) is 67.4 cm³/mol. The van der Waals surface area contributed by atoms with Gasteiger partial charge in [-0.1, -0.05) is 18.7 Å². The number of hydrogen-bond acceptors (Lipinski definition) is 1. The molecule has 0 aromatic carbocycles. The van der Waals surface area contributed by atoms with Gasteiger partial charge >= 0.3 is 0 Å². The topological polar surface area (TPSA) is 28.7 Å². The normalized spacial score (nSPS) is 11.1. The summed E-state index contributed by atoms with van der Waals surface area (Å²) in [6.45, 7) is 6.06. The molecule has 0 bridgehead atoms. The molecule has 0 atom stereocenters. The van der Waals surface area contributed by atoms with Crippen LogP contribution in [0.1, 0.15) is 12.5 Å². The zero-order chi connectivity index (χ0) is 11.1. The highest BCUT2D eigenvalue weighted by atomic mass is 14.7. The van der Waals surface area contributed by atoms with Crippen molar-refractivity contribution in [1.82, 2.24) is 9.97 Å². The van der Waals surface area contributed by atoms with Crippen LogP contribution in [0, 0.1) is 0 Å². The highest BCUT2D eigenvalue weighted by Gasteiger charge is 2.18. The molecule has 2 heterocycles. The van der Waals surface area contributed by atoms with Gasteiger partial charge in [0.1, 0.15) is 0 Å². The van der Waals surface area contributed by atoms with E-state index in [1.165, 1.54) is 10.9 Å². The fourth-order valence-corrected chi connectivity index (χ4v) is 2.22. The number of pyridine rings is 2. The van der Waals surface area contributed by atoms with E-state index >= 15 is 0 Å². The first kappa shape index (κ1) is 9.16. The Kier molecular flexibility index (Phi) is 1.83. The van der Waals surface area contributed by atoms with Crippen molar-refractivity contribution in [1.29, 1.82) is 0 Å². The van der Waals surface area contributed by atoms with E-state index in [4.69, 9.17) is 0 Å². The van der Waals surface area contributed by atoms with E-state index in [9.17, 15) is 0 Å². The predicted octanol–water partition coefficient (Wildman–Crippen LogP) is 3.70. The van der Waals surface area contributed by atoms with Gasteiger partial charge in [-0.05, 0) is 24.6 Å². The molecule has 1 aliphatic carbocycles. The van der Waals surface area contributed by atoms with Crippen molar-refractivity contribution in [2.45, 2.75) is 6.92 Å². The molecule has 0 unspecified atom stereocenters. The second-order valence-electron chi connectivity index (χ2n) is 4.01. The first-order valence-electron chi connectivity index (χ1n) is 5.28. The molecule has 2 aliphatic rings. The fraction of sp³-hybridized carbons (Fsp3) is 0.0714. The fourth-order valence-electron chi connectivity index (χ4n) is 2.22. The molecule has 0 fully saturated rings. The van der Waals surface area contributed by atoms with Crippen LogP contribution >= 0.6 is 0 Å². The zero-order valence-electron chi connectivity index (χ0n) is 9.12. The van der Waals surface area contributed by atoms with E-state index in [1.54, 1.807) is 0 Å². The standard InChI is InChI=1S/C14H12N2/c1-9(2)12-13-10(5-3-7-15-13)11-6-4-8-16-14(11)12/h3-8,15H,1H2,2H3. The van der Waals surface area contributed by atoms with Crippen LogP contribution in [0.2, 0.25) is 0 Å². The smallest absolute Gasteiger partial charge is 0.0804 e.